The summed E-state index contributed by atoms with van der Waals surface area (Å²) in [5.41, 5.74) is 4.66. The van der Waals surface area contributed by atoms with Crippen LogP contribution in [0.5, 0.6) is 0 Å². The fourth-order valence-electron chi connectivity index (χ4n) is 3.76. The minimum Gasteiger partial charge on any atom is -0.343 e. The van der Waals surface area contributed by atoms with E-state index in [4.69, 9.17) is 0 Å². The van der Waals surface area contributed by atoms with Crippen LogP contribution in [0.15, 0.2) is 24.3 Å². The Bertz CT molecular complexity index is 659. The number of hydrogen-bond acceptors (Lipinski definition) is 2. The summed E-state index contributed by atoms with van der Waals surface area (Å²) in [6, 6.07) is 9.01. The minimum absolute atomic E-state index is 0.242. The molecule has 0 aliphatic carbocycles. The summed E-state index contributed by atoms with van der Waals surface area (Å²) in [5.74, 6) is 1.25. The molecular weight excluding hydrogens is 288 g/mol. The minimum atomic E-state index is 0.242. The highest BCUT2D eigenvalue weighted by molar-refractivity contribution is 8.00. The molecule has 2 heterocycles. The van der Waals surface area contributed by atoms with Crippen LogP contribution in [0.2, 0.25) is 0 Å². The lowest BCUT2D eigenvalue weighted by Crippen LogP contribution is -2.31. The lowest BCUT2D eigenvalue weighted by Gasteiger charge is -2.36. The van der Waals surface area contributed by atoms with Gasteiger partial charge in [-0.25, -0.2) is 0 Å². The van der Waals surface area contributed by atoms with Gasteiger partial charge < -0.3 is 9.47 Å². The van der Waals surface area contributed by atoms with Crippen molar-refractivity contribution in [1.82, 2.24) is 9.47 Å². The zero-order valence-corrected chi connectivity index (χ0v) is 15.2. The molecule has 0 saturated heterocycles. The van der Waals surface area contributed by atoms with E-state index in [9.17, 15) is 0 Å². The van der Waals surface area contributed by atoms with Crippen molar-refractivity contribution in [3.8, 4) is 0 Å². The summed E-state index contributed by atoms with van der Waals surface area (Å²) in [6.45, 7) is 7.03. The average molecular weight is 317 g/mol. The molecule has 1 atom stereocenters. The maximum absolute atomic E-state index is 2.62. The van der Waals surface area contributed by atoms with E-state index in [1.54, 1.807) is 11.3 Å². The van der Waals surface area contributed by atoms with Gasteiger partial charge in [-0.05, 0) is 64.2 Å². The molecule has 120 valence electrons. The van der Waals surface area contributed by atoms with Crippen molar-refractivity contribution in [2.45, 2.75) is 44.4 Å². The van der Waals surface area contributed by atoms with Crippen molar-refractivity contribution in [1.29, 1.82) is 0 Å². The van der Waals surface area contributed by atoms with E-state index in [2.05, 4.69) is 73.4 Å². The van der Waals surface area contributed by atoms with Crippen LogP contribution in [0.1, 0.15) is 37.9 Å². The molecule has 0 bridgehead atoms. The van der Waals surface area contributed by atoms with Gasteiger partial charge in [0.1, 0.15) is 0 Å². The number of fused-ring (bicyclic) bond motifs is 3. The van der Waals surface area contributed by atoms with E-state index < -0.39 is 0 Å². The van der Waals surface area contributed by atoms with Crippen molar-refractivity contribution in [3.63, 3.8) is 0 Å². The van der Waals surface area contributed by atoms with Gasteiger partial charge in [0.25, 0.3) is 0 Å². The Labute approximate surface area is 138 Å². The maximum atomic E-state index is 2.62. The summed E-state index contributed by atoms with van der Waals surface area (Å²) >= 11 is 2.16. The first-order valence-electron chi connectivity index (χ1n) is 8.46. The fraction of sp³-hybridized carbons (Fsp3) is 0.579. The molecular formula is C19H28N2S. The normalized spacial score (nSPS) is 21.5. The van der Waals surface area contributed by atoms with Crippen molar-refractivity contribution in [2.75, 3.05) is 26.4 Å². The zero-order valence-electron chi connectivity index (χ0n) is 14.4. The Morgan fingerprint density at radius 2 is 2.05 bits per heavy atom. The Kier molecular flexibility index (Phi) is 4.56. The molecule has 0 saturated carbocycles. The van der Waals surface area contributed by atoms with Crippen LogP contribution in [0.3, 0.4) is 0 Å². The summed E-state index contributed by atoms with van der Waals surface area (Å²) < 4.78 is 2.86. The van der Waals surface area contributed by atoms with E-state index >= 15 is 0 Å². The highest BCUT2D eigenvalue weighted by Gasteiger charge is 2.37. The molecule has 0 radical (unpaired) electrons. The molecule has 3 heteroatoms. The smallest absolute Gasteiger partial charge is 0.0547 e. The third kappa shape index (κ3) is 2.69. The summed E-state index contributed by atoms with van der Waals surface area (Å²) in [7, 11) is 4.36. The van der Waals surface area contributed by atoms with Gasteiger partial charge in [-0.1, -0.05) is 25.1 Å². The topological polar surface area (TPSA) is 8.17 Å². The third-order valence-corrected chi connectivity index (χ3v) is 6.28. The molecule has 2 aromatic rings. The number of nitrogens with zero attached hydrogens (tertiary/aromatic N) is 2. The number of aromatic nitrogens is 1. The number of benzene rings is 1. The molecule has 22 heavy (non-hydrogen) atoms. The van der Waals surface area contributed by atoms with Crippen molar-refractivity contribution in [3.05, 3.63) is 35.5 Å². The van der Waals surface area contributed by atoms with Gasteiger partial charge in [0, 0.05) is 23.1 Å². The average Bonchev–Trinajstić information content (AvgIpc) is 2.82. The van der Waals surface area contributed by atoms with Gasteiger partial charge in [0.05, 0.1) is 4.75 Å². The molecule has 1 aliphatic rings. The van der Waals surface area contributed by atoms with Gasteiger partial charge in [0.15, 0.2) is 0 Å². The Morgan fingerprint density at radius 1 is 1.27 bits per heavy atom. The summed E-state index contributed by atoms with van der Waals surface area (Å²) in [4.78, 5) is 2.31. The molecule has 0 N–H and O–H groups in total. The quantitative estimate of drug-likeness (QED) is 0.802. The van der Waals surface area contributed by atoms with E-state index in [-0.39, 0.29) is 4.75 Å². The Balaban J connectivity index is 2.15. The lowest BCUT2D eigenvalue weighted by molar-refractivity contribution is 0.369. The number of rotatable bonds is 5. The van der Waals surface area contributed by atoms with Crippen LogP contribution in [-0.4, -0.2) is 35.9 Å². The maximum Gasteiger partial charge on any atom is 0.0547 e. The van der Waals surface area contributed by atoms with Gasteiger partial charge in [-0.2, -0.15) is 0 Å². The first-order chi connectivity index (χ1) is 10.6. The molecule has 0 fully saturated rings. The predicted octanol–water partition coefficient (Wildman–Crippen LogP) is 4.51. The van der Waals surface area contributed by atoms with Crippen molar-refractivity contribution in [2.24, 2.45) is 0 Å². The van der Waals surface area contributed by atoms with Crippen LogP contribution < -0.4 is 0 Å². The van der Waals surface area contributed by atoms with E-state index in [0.29, 0.717) is 0 Å². The first-order valence-corrected chi connectivity index (χ1v) is 9.44. The standard InChI is InChI=1S/C19H28N2S/c1-5-12-21-17-9-7-6-8-15(17)16-10-14-22-19(2,18(16)21)11-13-20(3)4/h6-9H,5,10-14H2,1-4H3. The number of hydrogen-bond donors (Lipinski definition) is 0. The highest BCUT2D eigenvalue weighted by atomic mass is 32.2. The third-order valence-electron chi connectivity index (χ3n) is 4.83. The SMILES string of the molecule is CCCn1c2c(c3ccccc31)CCSC2(C)CCN(C)C. The summed E-state index contributed by atoms with van der Waals surface area (Å²) in [5, 5.41) is 1.49. The van der Waals surface area contributed by atoms with Gasteiger partial charge in [-0.15, -0.1) is 11.8 Å². The zero-order chi connectivity index (χ0) is 15.7. The number of thioether (sulfide) groups is 1. The van der Waals surface area contributed by atoms with Crippen molar-refractivity contribution >= 4 is 22.7 Å². The van der Waals surface area contributed by atoms with Crippen LogP contribution in [-0.2, 0) is 17.7 Å². The number of aryl methyl sites for hydroxylation is 2. The van der Waals surface area contributed by atoms with Crippen LogP contribution >= 0.6 is 11.8 Å². The molecule has 2 nitrogen and oxygen atoms in total. The van der Waals surface area contributed by atoms with Gasteiger partial charge in [-0.3, -0.25) is 0 Å². The fourth-order valence-corrected chi connectivity index (χ4v) is 5.13. The molecule has 1 aromatic carbocycles. The number of para-hydroxylation sites is 1. The van der Waals surface area contributed by atoms with Crippen molar-refractivity contribution < 1.29 is 0 Å². The molecule has 1 aliphatic heterocycles. The molecule has 3 rings (SSSR count). The lowest BCUT2D eigenvalue weighted by atomic mass is 9.95. The second-order valence-electron chi connectivity index (χ2n) is 6.88. The van der Waals surface area contributed by atoms with E-state index in [0.717, 1.165) is 13.1 Å². The monoisotopic (exact) mass is 316 g/mol. The Morgan fingerprint density at radius 3 is 2.77 bits per heavy atom. The first kappa shape index (κ1) is 15.9. The van der Waals surface area contributed by atoms with Gasteiger partial charge >= 0.3 is 0 Å². The van der Waals surface area contributed by atoms with Gasteiger partial charge in [0.2, 0.25) is 0 Å². The van der Waals surface area contributed by atoms with Crippen LogP contribution in [0.25, 0.3) is 10.9 Å². The molecule has 0 spiro atoms. The van der Waals surface area contributed by atoms with E-state index in [1.807, 2.05) is 0 Å². The Hall–Kier alpha value is -0.930. The molecule has 0 amide bonds. The highest BCUT2D eigenvalue weighted by Crippen LogP contribution is 2.48. The van der Waals surface area contributed by atoms with Crippen LogP contribution in [0, 0.1) is 0 Å². The molecule has 1 aromatic heterocycles. The second-order valence-corrected chi connectivity index (χ2v) is 8.48. The summed E-state index contributed by atoms with van der Waals surface area (Å²) in [6.07, 6.45) is 3.63. The predicted molar refractivity (Wildman–Crippen MR) is 98.9 cm³/mol. The van der Waals surface area contributed by atoms with E-state index in [1.165, 1.54) is 35.9 Å². The largest absolute Gasteiger partial charge is 0.343 e. The second kappa shape index (κ2) is 6.29. The molecule has 1 unspecified atom stereocenters. The van der Waals surface area contributed by atoms with Crippen LogP contribution in [0.4, 0.5) is 0 Å².